The average molecular weight is 291 g/mol. The minimum atomic E-state index is -0.640. The second kappa shape index (κ2) is 8.99. The summed E-state index contributed by atoms with van der Waals surface area (Å²) in [6, 6.07) is 0. The predicted molar refractivity (Wildman–Crippen MR) is 51.6 cm³/mol. The first-order valence-electron chi connectivity index (χ1n) is 4.36. The van der Waals surface area contributed by atoms with E-state index < -0.39 is 12.3 Å². The van der Waals surface area contributed by atoms with E-state index in [1.165, 1.54) is 6.92 Å². The summed E-state index contributed by atoms with van der Waals surface area (Å²) in [6.07, 6.45) is -0.848. The summed E-state index contributed by atoms with van der Waals surface area (Å²) in [5.41, 5.74) is 0.847. The number of ketones is 1. The Morgan fingerprint density at radius 2 is 1.87 bits per heavy atom. The molecule has 84 valence electrons. The van der Waals surface area contributed by atoms with Gasteiger partial charge in [0.2, 0.25) is 0 Å². The summed E-state index contributed by atoms with van der Waals surface area (Å²) >= 11 is 0. The molecule has 0 rings (SSSR count). The van der Waals surface area contributed by atoms with E-state index in [0.29, 0.717) is 6.61 Å². The van der Waals surface area contributed by atoms with Gasteiger partial charge in [0, 0.05) is 26.2 Å². The average Bonchev–Trinajstić information content (AvgIpc) is 1.98. The van der Waals surface area contributed by atoms with Gasteiger partial charge in [0.05, 0.1) is 6.61 Å². The van der Waals surface area contributed by atoms with Crippen molar-refractivity contribution in [2.45, 2.75) is 33.5 Å². The molecule has 0 radical (unpaired) electrons. The Kier molecular flexibility index (Phi) is 10.3. The van der Waals surface area contributed by atoms with Crippen LogP contribution < -0.4 is 0 Å². The molecule has 0 bridgehead atoms. The number of carbonyl (C=O) groups is 2. The molecule has 0 aliphatic heterocycles. The van der Waals surface area contributed by atoms with Crippen molar-refractivity contribution in [3.05, 3.63) is 12.2 Å². The number of carbonyl (C=O) groups excluding carboxylic acids is 2. The quantitative estimate of drug-likeness (QED) is 0.322. The summed E-state index contributed by atoms with van der Waals surface area (Å²) in [5, 5.41) is 0. The van der Waals surface area contributed by atoms with E-state index in [0.717, 1.165) is 5.57 Å². The zero-order valence-corrected chi connectivity index (χ0v) is 11.8. The van der Waals surface area contributed by atoms with Crippen LogP contribution in [-0.2, 0) is 45.3 Å². The minimum Gasteiger partial charge on any atom is -0.436 e. The summed E-state index contributed by atoms with van der Waals surface area (Å²) in [4.78, 5) is 21.5. The van der Waals surface area contributed by atoms with Crippen molar-refractivity contribution < 1.29 is 45.3 Å². The monoisotopic (exact) mass is 290 g/mol. The maximum absolute atomic E-state index is 11.0. The van der Waals surface area contributed by atoms with Crippen molar-refractivity contribution in [1.82, 2.24) is 0 Å². The van der Waals surface area contributed by atoms with Crippen LogP contribution in [0.15, 0.2) is 12.2 Å². The Bertz CT molecular complexity index is 238. The van der Waals surface area contributed by atoms with Crippen LogP contribution in [-0.4, -0.2) is 24.6 Å². The topological polar surface area (TPSA) is 52.6 Å². The number of Topliss-reactive ketones (excluding diaryl/α,β-unsaturated/α-hetero) is 1. The maximum atomic E-state index is 11.0. The van der Waals surface area contributed by atoms with Crippen LogP contribution in [0.25, 0.3) is 0 Å². The summed E-state index contributed by atoms with van der Waals surface area (Å²) in [7, 11) is 0. The molecule has 0 fully saturated rings. The van der Waals surface area contributed by atoms with Crippen LogP contribution in [0.4, 0.5) is 0 Å². The van der Waals surface area contributed by atoms with Crippen molar-refractivity contribution in [2.75, 3.05) is 6.61 Å². The number of ether oxygens (including phenoxy) is 2. The molecule has 5 heteroatoms. The van der Waals surface area contributed by atoms with Gasteiger partial charge in [0.15, 0.2) is 6.29 Å². The van der Waals surface area contributed by atoms with Gasteiger partial charge in [-0.25, -0.2) is 0 Å². The van der Waals surface area contributed by atoms with Gasteiger partial charge in [-0.05, 0) is 20.8 Å². The van der Waals surface area contributed by atoms with Crippen LogP contribution in [0.3, 0.4) is 0 Å². The van der Waals surface area contributed by atoms with E-state index in [2.05, 4.69) is 6.58 Å². The fourth-order valence-electron chi connectivity index (χ4n) is 0.724. The van der Waals surface area contributed by atoms with Crippen molar-refractivity contribution >= 4 is 11.8 Å². The molecule has 4 nitrogen and oxygen atoms in total. The van der Waals surface area contributed by atoms with E-state index >= 15 is 0 Å². The van der Waals surface area contributed by atoms with E-state index in [4.69, 9.17) is 9.47 Å². The molecule has 0 heterocycles. The molecule has 0 aromatic rings. The van der Waals surface area contributed by atoms with Crippen LogP contribution in [0.5, 0.6) is 0 Å². The van der Waals surface area contributed by atoms with Crippen molar-refractivity contribution in [3.63, 3.8) is 0 Å². The van der Waals surface area contributed by atoms with E-state index in [-0.39, 0.29) is 38.4 Å². The number of hydrogen-bond donors (Lipinski definition) is 0. The second-order valence-electron chi connectivity index (χ2n) is 3.20. The first-order valence-corrected chi connectivity index (χ1v) is 4.36. The zero-order chi connectivity index (χ0) is 11.1. The van der Waals surface area contributed by atoms with Gasteiger partial charge in [-0.1, -0.05) is 12.2 Å². The van der Waals surface area contributed by atoms with Crippen LogP contribution in [0.1, 0.15) is 27.2 Å². The molecule has 0 amide bonds. The number of hydrogen-bond acceptors (Lipinski definition) is 4. The van der Waals surface area contributed by atoms with Gasteiger partial charge in [-0.2, -0.15) is 0 Å². The molecule has 0 aromatic carbocycles. The summed E-state index contributed by atoms with van der Waals surface area (Å²) in [6.45, 7) is 8.72. The molecule has 0 aliphatic rings. The zero-order valence-electron chi connectivity index (χ0n) is 9.33. The molecule has 0 saturated carbocycles. The van der Waals surface area contributed by atoms with E-state index in [1.807, 2.05) is 6.92 Å². The standard InChI is InChI=1S/C10H16O4.Zr/c1-7(2)6-13-9(4)14-10(12)5-8(3)11;/h9H,1,5-6H2,2-4H3;. The third kappa shape index (κ3) is 11.7. The fraction of sp³-hybridized carbons (Fsp3) is 0.600. The summed E-state index contributed by atoms with van der Waals surface area (Å²) < 4.78 is 9.89. The third-order valence-electron chi connectivity index (χ3n) is 1.26. The van der Waals surface area contributed by atoms with E-state index in [1.54, 1.807) is 6.92 Å². The van der Waals surface area contributed by atoms with E-state index in [9.17, 15) is 9.59 Å². The molecule has 1 unspecified atom stereocenters. The molecule has 0 N–H and O–H groups in total. The molecule has 0 spiro atoms. The van der Waals surface area contributed by atoms with Crippen LogP contribution >= 0.6 is 0 Å². The van der Waals surface area contributed by atoms with Gasteiger partial charge >= 0.3 is 5.97 Å². The molecule has 15 heavy (non-hydrogen) atoms. The minimum absolute atomic E-state index is 0. The van der Waals surface area contributed by atoms with Crippen molar-refractivity contribution in [1.29, 1.82) is 0 Å². The Hall–Kier alpha value is -0.277. The SMILES string of the molecule is C=C(C)COC(C)OC(=O)CC(C)=O.[Zr]. The van der Waals surface area contributed by atoms with Crippen molar-refractivity contribution in [3.8, 4) is 0 Å². The van der Waals surface area contributed by atoms with Crippen molar-refractivity contribution in [2.24, 2.45) is 0 Å². The second-order valence-corrected chi connectivity index (χ2v) is 3.20. The van der Waals surface area contributed by atoms with Crippen LogP contribution in [0.2, 0.25) is 0 Å². The molecule has 0 saturated heterocycles. The summed E-state index contributed by atoms with van der Waals surface area (Å²) in [5.74, 6) is -0.784. The van der Waals surface area contributed by atoms with Crippen LogP contribution in [0, 0.1) is 0 Å². The molecule has 1 atom stereocenters. The van der Waals surface area contributed by atoms with Gasteiger partial charge in [-0.15, -0.1) is 0 Å². The predicted octanol–water partition coefficient (Wildman–Crippen LogP) is 1.44. The van der Waals surface area contributed by atoms with Gasteiger partial charge in [-0.3, -0.25) is 9.59 Å². The fourth-order valence-corrected chi connectivity index (χ4v) is 0.724. The first kappa shape index (κ1) is 17.1. The Balaban J connectivity index is 0. The Morgan fingerprint density at radius 1 is 1.33 bits per heavy atom. The molecular weight excluding hydrogens is 275 g/mol. The Labute approximate surface area is 109 Å². The smallest absolute Gasteiger partial charge is 0.315 e. The number of rotatable bonds is 6. The molecule has 0 aromatic heterocycles. The van der Waals surface area contributed by atoms with Gasteiger partial charge in [0.25, 0.3) is 0 Å². The first-order chi connectivity index (χ1) is 6.41. The molecule has 0 aliphatic carbocycles. The van der Waals surface area contributed by atoms with Gasteiger partial charge in [0.1, 0.15) is 12.2 Å². The largest absolute Gasteiger partial charge is 0.436 e. The molecular formula is C10H16O4Zr. The normalized spacial score (nSPS) is 11.1. The third-order valence-corrected chi connectivity index (χ3v) is 1.26. The van der Waals surface area contributed by atoms with Gasteiger partial charge < -0.3 is 9.47 Å². The Morgan fingerprint density at radius 3 is 2.27 bits per heavy atom. The maximum Gasteiger partial charge on any atom is 0.315 e. The number of esters is 1.